The van der Waals surface area contributed by atoms with Crippen molar-refractivity contribution in [2.75, 3.05) is 19.0 Å². The van der Waals surface area contributed by atoms with Crippen molar-refractivity contribution in [3.8, 4) is 0 Å². The molecular formula is C9H13NO2S. The van der Waals surface area contributed by atoms with Gasteiger partial charge < -0.3 is 10.1 Å². The third kappa shape index (κ3) is 3.06. The highest BCUT2D eigenvalue weighted by atomic mass is 32.1. The second-order valence-corrected chi connectivity index (χ2v) is 3.60. The van der Waals surface area contributed by atoms with Gasteiger partial charge in [0.05, 0.1) is 13.0 Å². The van der Waals surface area contributed by atoms with E-state index in [9.17, 15) is 4.79 Å². The van der Waals surface area contributed by atoms with Crippen LogP contribution in [0.5, 0.6) is 0 Å². The molecule has 0 aliphatic rings. The number of anilines is 1. The first-order valence-electron chi connectivity index (χ1n) is 4.08. The van der Waals surface area contributed by atoms with Crippen molar-refractivity contribution in [3.05, 3.63) is 16.8 Å². The highest BCUT2D eigenvalue weighted by Crippen LogP contribution is 2.12. The fraction of sp³-hybridized carbons (Fsp3) is 0.444. The number of thiophene rings is 1. The Kier molecular flexibility index (Phi) is 3.76. The number of hydrogen-bond donors (Lipinski definition) is 1. The Balaban J connectivity index is 2.30. The SMILES string of the molecule is COC(=O)C(C)CNc1ccsc1. The Labute approximate surface area is 81.7 Å². The monoisotopic (exact) mass is 199 g/mol. The lowest BCUT2D eigenvalue weighted by atomic mass is 10.2. The predicted molar refractivity (Wildman–Crippen MR) is 54.0 cm³/mol. The van der Waals surface area contributed by atoms with Gasteiger partial charge in [0.1, 0.15) is 0 Å². The topological polar surface area (TPSA) is 38.3 Å². The van der Waals surface area contributed by atoms with Crippen LogP contribution < -0.4 is 5.32 Å². The molecule has 1 N–H and O–H groups in total. The van der Waals surface area contributed by atoms with Gasteiger partial charge in [-0.15, -0.1) is 0 Å². The number of methoxy groups -OCH3 is 1. The number of rotatable bonds is 4. The van der Waals surface area contributed by atoms with Crippen molar-refractivity contribution in [2.45, 2.75) is 6.92 Å². The maximum absolute atomic E-state index is 11.0. The van der Waals surface area contributed by atoms with E-state index in [1.165, 1.54) is 7.11 Å². The summed E-state index contributed by atoms with van der Waals surface area (Å²) in [5, 5.41) is 7.14. The number of carbonyl (C=O) groups is 1. The van der Waals surface area contributed by atoms with Crippen LogP contribution in [0, 0.1) is 5.92 Å². The van der Waals surface area contributed by atoms with Crippen LogP contribution in [-0.4, -0.2) is 19.6 Å². The Hall–Kier alpha value is -1.03. The zero-order chi connectivity index (χ0) is 9.68. The van der Waals surface area contributed by atoms with Crippen molar-refractivity contribution in [1.82, 2.24) is 0 Å². The molecule has 1 atom stereocenters. The summed E-state index contributed by atoms with van der Waals surface area (Å²) in [4.78, 5) is 11.0. The highest BCUT2D eigenvalue weighted by Gasteiger charge is 2.11. The van der Waals surface area contributed by atoms with Crippen LogP contribution in [0.4, 0.5) is 5.69 Å². The van der Waals surface area contributed by atoms with Crippen LogP contribution in [0.15, 0.2) is 16.8 Å². The molecule has 1 rings (SSSR count). The van der Waals surface area contributed by atoms with E-state index in [0.29, 0.717) is 6.54 Å². The smallest absolute Gasteiger partial charge is 0.310 e. The van der Waals surface area contributed by atoms with E-state index in [-0.39, 0.29) is 11.9 Å². The molecule has 0 radical (unpaired) electrons. The molecule has 0 saturated heterocycles. The van der Waals surface area contributed by atoms with Crippen LogP contribution in [0.3, 0.4) is 0 Å². The Morgan fingerprint density at radius 1 is 1.77 bits per heavy atom. The van der Waals surface area contributed by atoms with E-state index < -0.39 is 0 Å². The van der Waals surface area contributed by atoms with Gasteiger partial charge in [-0.3, -0.25) is 4.79 Å². The quantitative estimate of drug-likeness (QED) is 0.753. The van der Waals surface area contributed by atoms with Crippen molar-refractivity contribution in [3.63, 3.8) is 0 Å². The maximum Gasteiger partial charge on any atom is 0.310 e. The number of esters is 1. The predicted octanol–water partition coefficient (Wildman–Crippen LogP) is 1.97. The molecule has 1 aromatic rings. The summed E-state index contributed by atoms with van der Waals surface area (Å²) in [5.74, 6) is -0.285. The van der Waals surface area contributed by atoms with Gasteiger partial charge in [0.2, 0.25) is 0 Å². The zero-order valence-electron chi connectivity index (χ0n) is 7.74. The lowest BCUT2D eigenvalue weighted by molar-refractivity contribution is -0.144. The summed E-state index contributed by atoms with van der Waals surface area (Å²) in [6, 6.07) is 1.98. The van der Waals surface area contributed by atoms with Crippen molar-refractivity contribution < 1.29 is 9.53 Å². The Bertz CT molecular complexity index is 259. The number of nitrogens with one attached hydrogen (secondary N) is 1. The first-order chi connectivity index (χ1) is 6.24. The minimum atomic E-state index is -0.178. The van der Waals surface area contributed by atoms with E-state index in [4.69, 9.17) is 0 Å². The second kappa shape index (κ2) is 4.87. The average molecular weight is 199 g/mol. The molecule has 13 heavy (non-hydrogen) atoms. The van der Waals surface area contributed by atoms with Crippen molar-refractivity contribution in [1.29, 1.82) is 0 Å². The summed E-state index contributed by atoms with van der Waals surface area (Å²) in [5.41, 5.74) is 1.06. The largest absolute Gasteiger partial charge is 0.469 e. The highest BCUT2D eigenvalue weighted by molar-refractivity contribution is 7.08. The molecule has 1 heterocycles. The van der Waals surface area contributed by atoms with Gasteiger partial charge in [0, 0.05) is 17.6 Å². The molecule has 0 amide bonds. The van der Waals surface area contributed by atoms with Crippen LogP contribution in [0.1, 0.15) is 6.92 Å². The summed E-state index contributed by atoms with van der Waals surface area (Å²) < 4.78 is 4.61. The number of ether oxygens (including phenoxy) is 1. The van der Waals surface area contributed by atoms with Crippen LogP contribution in [0.2, 0.25) is 0 Å². The fourth-order valence-corrected chi connectivity index (χ4v) is 1.53. The zero-order valence-corrected chi connectivity index (χ0v) is 8.56. The van der Waals surface area contributed by atoms with Crippen LogP contribution in [-0.2, 0) is 9.53 Å². The van der Waals surface area contributed by atoms with E-state index in [0.717, 1.165) is 5.69 Å². The minimum Gasteiger partial charge on any atom is -0.469 e. The third-order valence-electron chi connectivity index (χ3n) is 1.74. The molecular weight excluding hydrogens is 186 g/mol. The Morgan fingerprint density at radius 2 is 2.54 bits per heavy atom. The molecule has 1 unspecified atom stereocenters. The number of hydrogen-bond acceptors (Lipinski definition) is 4. The first-order valence-corrected chi connectivity index (χ1v) is 5.02. The molecule has 0 fully saturated rings. The first kappa shape index (κ1) is 10.1. The maximum atomic E-state index is 11.0. The summed E-state index contributed by atoms with van der Waals surface area (Å²) >= 11 is 1.63. The third-order valence-corrected chi connectivity index (χ3v) is 2.42. The molecule has 0 bridgehead atoms. The van der Waals surface area contributed by atoms with Gasteiger partial charge >= 0.3 is 5.97 Å². The molecule has 0 aliphatic carbocycles. The van der Waals surface area contributed by atoms with Gasteiger partial charge in [-0.2, -0.15) is 11.3 Å². The van der Waals surface area contributed by atoms with Gasteiger partial charge in [-0.1, -0.05) is 6.92 Å². The molecule has 72 valence electrons. The summed E-state index contributed by atoms with van der Waals surface area (Å²) in [6.07, 6.45) is 0. The fourth-order valence-electron chi connectivity index (χ4n) is 0.921. The number of carbonyl (C=O) groups excluding carboxylic acids is 1. The van der Waals surface area contributed by atoms with E-state index in [1.807, 2.05) is 23.8 Å². The van der Waals surface area contributed by atoms with Crippen molar-refractivity contribution >= 4 is 23.0 Å². The van der Waals surface area contributed by atoms with Gasteiger partial charge in [-0.05, 0) is 11.4 Å². The lowest BCUT2D eigenvalue weighted by Gasteiger charge is -2.09. The van der Waals surface area contributed by atoms with Crippen LogP contribution in [0.25, 0.3) is 0 Å². The van der Waals surface area contributed by atoms with Gasteiger partial charge in [-0.25, -0.2) is 0 Å². The second-order valence-electron chi connectivity index (χ2n) is 2.82. The average Bonchev–Trinajstić information content (AvgIpc) is 2.65. The summed E-state index contributed by atoms with van der Waals surface area (Å²) in [6.45, 7) is 2.45. The Morgan fingerprint density at radius 3 is 3.08 bits per heavy atom. The molecule has 4 heteroatoms. The minimum absolute atomic E-state index is 0.107. The summed E-state index contributed by atoms with van der Waals surface area (Å²) in [7, 11) is 1.41. The molecule has 3 nitrogen and oxygen atoms in total. The van der Waals surface area contributed by atoms with Gasteiger partial charge in [0.25, 0.3) is 0 Å². The van der Waals surface area contributed by atoms with E-state index in [1.54, 1.807) is 11.3 Å². The molecule has 0 spiro atoms. The van der Waals surface area contributed by atoms with Gasteiger partial charge in [0.15, 0.2) is 0 Å². The molecule has 0 aromatic carbocycles. The van der Waals surface area contributed by atoms with Crippen LogP contribution >= 0.6 is 11.3 Å². The van der Waals surface area contributed by atoms with E-state index >= 15 is 0 Å². The normalized spacial score (nSPS) is 12.2. The molecule has 1 aromatic heterocycles. The van der Waals surface area contributed by atoms with E-state index in [2.05, 4.69) is 10.1 Å². The van der Waals surface area contributed by atoms with Crippen molar-refractivity contribution in [2.24, 2.45) is 5.92 Å². The standard InChI is InChI=1S/C9H13NO2S/c1-7(9(11)12-2)5-10-8-3-4-13-6-8/h3-4,6-7,10H,5H2,1-2H3. The molecule has 0 aliphatic heterocycles. The molecule has 0 saturated carbocycles. The lowest BCUT2D eigenvalue weighted by Crippen LogP contribution is -2.21.